The minimum atomic E-state index is -3.07. The summed E-state index contributed by atoms with van der Waals surface area (Å²) in [6.45, 7) is 8.57. The molecule has 0 unspecified atom stereocenters. The smallest absolute Gasteiger partial charge is 0.194 e. The van der Waals surface area contributed by atoms with Crippen molar-refractivity contribution in [2.45, 2.75) is 38.6 Å². The summed E-state index contributed by atoms with van der Waals surface area (Å²) in [6.07, 6.45) is 5.53. The number of aromatic nitrogens is 2. The molecule has 0 bridgehead atoms. The molecule has 2 aromatic rings. The molecule has 1 fully saturated rings. The van der Waals surface area contributed by atoms with E-state index >= 15 is 0 Å². The number of guanidine groups is 1. The predicted molar refractivity (Wildman–Crippen MR) is 112 cm³/mol. The van der Waals surface area contributed by atoms with Crippen molar-refractivity contribution in [3.8, 4) is 0 Å². The van der Waals surface area contributed by atoms with E-state index in [0.29, 0.717) is 19.6 Å². The van der Waals surface area contributed by atoms with Gasteiger partial charge in [0.15, 0.2) is 15.8 Å². The highest BCUT2D eigenvalue weighted by Gasteiger charge is 2.40. The average molecular weight is 404 g/mol. The number of imidazole rings is 1. The Balaban J connectivity index is 1.73. The number of hydrogen-bond donors (Lipinski definition) is 1. The maximum absolute atomic E-state index is 12.3. The van der Waals surface area contributed by atoms with E-state index in [1.54, 1.807) is 26.4 Å². The lowest BCUT2D eigenvalue weighted by atomic mass is 10.1. The lowest BCUT2D eigenvalue weighted by Gasteiger charge is -2.39. The number of hydrogen-bond acceptors (Lipinski definition) is 4. The van der Waals surface area contributed by atoms with E-state index in [0.717, 1.165) is 24.6 Å². The molecule has 1 aromatic carbocycles. The number of sulfone groups is 1. The fourth-order valence-electron chi connectivity index (χ4n) is 3.33. The Morgan fingerprint density at radius 3 is 2.79 bits per heavy atom. The second-order valence-electron chi connectivity index (χ2n) is 7.73. The molecule has 0 radical (unpaired) electrons. The maximum Gasteiger partial charge on any atom is 0.194 e. The van der Waals surface area contributed by atoms with Crippen LogP contribution in [0.25, 0.3) is 0 Å². The number of nitrogens with one attached hydrogen (secondary N) is 1. The van der Waals surface area contributed by atoms with Crippen LogP contribution in [0.3, 0.4) is 0 Å². The van der Waals surface area contributed by atoms with Crippen molar-refractivity contribution in [2.24, 2.45) is 4.99 Å². The highest BCUT2D eigenvalue weighted by molar-refractivity contribution is 7.92. The second kappa shape index (κ2) is 8.34. The van der Waals surface area contributed by atoms with Gasteiger partial charge in [-0.15, -0.1) is 0 Å². The van der Waals surface area contributed by atoms with Crippen LogP contribution in [-0.4, -0.2) is 59.0 Å². The van der Waals surface area contributed by atoms with Gasteiger partial charge >= 0.3 is 0 Å². The molecule has 3 rings (SSSR count). The normalized spacial score (nSPS) is 18.8. The molecule has 0 amide bonds. The van der Waals surface area contributed by atoms with Gasteiger partial charge in [-0.3, -0.25) is 0 Å². The summed E-state index contributed by atoms with van der Waals surface area (Å²) in [6, 6.07) is 8.35. The van der Waals surface area contributed by atoms with Gasteiger partial charge in [-0.1, -0.05) is 24.3 Å². The van der Waals surface area contributed by atoms with Gasteiger partial charge in [-0.2, -0.15) is 0 Å². The third kappa shape index (κ3) is 4.73. The summed E-state index contributed by atoms with van der Waals surface area (Å²) in [5.74, 6) is 0.927. The lowest BCUT2D eigenvalue weighted by Crippen LogP contribution is -2.57. The fourth-order valence-corrected chi connectivity index (χ4v) is 4.70. The van der Waals surface area contributed by atoms with Gasteiger partial charge < -0.3 is 14.8 Å². The first-order valence-corrected chi connectivity index (χ1v) is 11.2. The Bertz CT molecular complexity index is 920. The van der Waals surface area contributed by atoms with E-state index in [1.165, 1.54) is 5.56 Å². The summed E-state index contributed by atoms with van der Waals surface area (Å²) in [5, 5.41) is 3.31. The van der Waals surface area contributed by atoms with Crippen molar-refractivity contribution < 1.29 is 8.42 Å². The highest BCUT2D eigenvalue weighted by atomic mass is 32.2. The molecule has 1 aliphatic rings. The largest absolute Gasteiger partial charge is 0.357 e. The molecule has 2 heterocycles. The maximum atomic E-state index is 12.3. The van der Waals surface area contributed by atoms with Crippen molar-refractivity contribution in [1.82, 2.24) is 19.8 Å². The molecule has 1 aliphatic heterocycles. The highest BCUT2D eigenvalue weighted by Crippen LogP contribution is 2.23. The molecule has 0 aliphatic carbocycles. The molecule has 7 nitrogen and oxygen atoms in total. The third-order valence-electron chi connectivity index (χ3n) is 5.01. The quantitative estimate of drug-likeness (QED) is 0.609. The van der Waals surface area contributed by atoms with E-state index in [4.69, 9.17) is 4.99 Å². The van der Waals surface area contributed by atoms with Crippen LogP contribution in [0.1, 0.15) is 31.9 Å². The third-order valence-corrected chi connectivity index (χ3v) is 7.54. The average Bonchev–Trinajstić information content (AvgIpc) is 3.14. The van der Waals surface area contributed by atoms with Crippen LogP contribution in [0.4, 0.5) is 0 Å². The van der Waals surface area contributed by atoms with E-state index in [-0.39, 0.29) is 5.75 Å². The Hall–Kier alpha value is -2.35. The Labute approximate surface area is 167 Å². The molecule has 1 N–H and O–H groups in total. The topological polar surface area (TPSA) is 79.6 Å². The molecule has 152 valence electrons. The Kier molecular flexibility index (Phi) is 6.07. The zero-order chi connectivity index (χ0) is 20.2. The standard InChI is InChI=1S/C20H29N5O2S/c1-4-22-19(25-10-11-28(26,27)20(2,3)15-25)23-13-17-6-5-7-18(12-17)14-24-9-8-21-16-24/h5-9,12,16H,4,10-11,13-15H2,1-3H3,(H,22,23). The Morgan fingerprint density at radius 2 is 2.11 bits per heavy atom. The number of rotatable bonds is 5. The number of aliphatic imine (C=N–C) groups is 1. The molecule has 1 aromatic heterocycles. The minimum absolute atomic E-state index is 0.158. The first kappa shape index (κ1) is 20.4. The summed E-state index contributed by atoms with van der Waals surface area (Å²) < 4.78 is 25.8. The van der Waals surface area contributed by atoms with Crippen LogP contribution in [0, 0.1) is 0 Å². The van der Waals surface area contributed by atoms with Crippen LogP contribution in [0.15, 0.2) is 48.0 Å². The SMILES string of the molecule is CCNC(=NCc1cccc(Cn2ccnc2)c1)N1CCS(=O)(=O)C(C)(C)C1. The van der Waals surface area contributed by atoms with Crippen molar-refractivity contribution in [3.05, 3.63) is 54.1 Å². The van der Waals surface area contributed by atoms with Crippen LogP contribution >= 0.6 is 0 Å². The van der Waals surface area contributed by atoms with Crippen molar-refractivity contribution in [2.75, 3.05) is 25.4 Å². The van der Waals surface area contributed by atoms with Gasteiger partial charge in [-0.25, -0.2) is 18.4 Å². The number of nitrogens with zero attached hydrogens (tertiary/aromatic N) is 4. The molecular formula is C20H29N5O2S. The van der Waals surface area contributed by atoms with Gasteiger partial charge in [0.2, 0.25) is 0 Å². The predicted octanol–water partition coefficient (Wildman–Crippen LogP) is 1.91. The van der Waals surface area contributed by atoms with Crippen LogP contribution in [0.5, 0.6) is 0 Å². The van der Waals surface area contributed by atoms with Crippen molar-refractivity contribution in [1.29, 1.82) is 0 Å². The molecule has 28 heavy (non-hydrogen) atoms. The zero-order valence-corrected chi connectivity index (χ0v) is 17.6. The lowest BCUT2D eigenvalue weighted by molar-refractivity contribution is 0.353. The van der Waals surface area contributed by atoms with E-state index in [2.05, 4.69) is 33.4 Å². The van der Waals surface area contributed by atoms with Gasteiger partial charge in [0, 0.05) is 38.6 Å². The molecule has 0 spiro atoms. The van der Waals surface area contributed by atoms with E-state index < -0.39 is 14.6 Å². The molecule has 8 heteroatoms. The van der Waals surface area contributed by atoms with Gasteiger partial charge in [0.25, 0.3) is 0 Å². The fraction of sp³-hybridized carbons (Fsp3) is 0.500. The summed E-state index contributed by atoms with van der Waals surface area (Å²) in [7, 11) is -3.07. The van der Waals surface area contributed by atoms with Crippen molar-refractivity contribution in [3.63, 3.8) is 0 Å². The molecule has 0 atom stereocenters. The monoisotopic (exact) mass is 403 g/mol. The molecular weight excluding hydrogens is 374 g/mol. The van der Waals surface area contributed by atoms with Gasteiger partial charge in [0.1, 0.15) is 0 Å². The first-order valence-electron chi connectivity index (χ1n) is 9.60. The summed E-state index contributed by atoms with van der Waals surface area (Å²) >= 11 is 0. The van der Waals surface area contributed by atoms with E-state index in [9.17, 15) is 8.42 Å². The van der Waals surface area contributed by atoms with Crippen molar-refractivity contribution >= 4 is 15.8 Å². The molecule has 0 saturated carbocycles. The second-order valence-corrected chi connectivity index (χ2v) is 10.5. The first-order chi connectivity index (χ1) is 13.3. The van der Waals surface area contributed by atoms with Crippen LogP contribution < -0.4 is 5.32 Å². The number of benzene rings is 1. The molecule has 1 saturated heterocycles. The van der Waals surface area contributed by atoms with Gasteiger partial charge in [0.05, 0.1) is 23.4 Å². The minimum Gasteiger partial charge on any atom is -0.357 e. The summed E-state index contributed by atoms with van der Waals surface area (Å²) in [5.41, 5.74) is 2.32. The Morgan fingerprint density at radius 1 is 1.32 bits per heavy atom. The van der Waals surface area contributed by atoms with E-state index in [1.807, 2.05) is 23.8 Å². The van der Waals surface area contributed by atoms with Crippen LogP contribution in [0.2, 0.25) is 0 Å². The van der Waals surface area contributed by atoms with Gasteiger partial charge in [-0.05, 0) is 31.9 Å². The zero-order valence-electron chi connectivity index (χ0n) is 16.8. The van der Waals surface area contributed by atoms with Crippen LogP contribution in [-0.2, 0) is 22.9 Å². The summed E-state index contributed by atoms with van der Waals surface area (Å²) in [4.78, 5) is 10.9.